The maximum atomic E-state index is 10.00. The van der Waals surface area contributed by atoms with Crippen LogP contribution in [0.3, 0.4) is 0 Å². The van der Waals surface area contributed by atoms with E-state index in [0.717, 1.165) is 17.7 Å². The minimum atomic E-state index is 0.0279. The summed E-state index contributed by atoms with van der Waals surface area (Å²) in [7, 11) is 1.68. The van der Waals surface area contributed by atoms with Gasteiger partial charge in [-0.1, -0.05) is 32.9 Å². The molecule has 1 heterocycles. The van der Waals surface area contributed by atoms with Crippen LogP contribution in [0.4, 0.5) is 0 Å². The number of phenolic OH excluding ortho intramolecular Hbond substituents is 1. The van der Waals surface area contributed by atoms with E-state index in [1.165, 1.54) is 0 Å². The Morgan fingerprint density at radius 2 is 2.06 bits per heavy atom. The summed E-state index contributed by atoms with van der Waals surface area (Å²) in [5, 5.41) is 11.9. The van der Waals surface area contributed by atoms with E-state index in [1.54, 1.807) is 13.2 Å². The highest BCUT2D eigenvalue weighted by atomic mass is 16.7. The molecule has 0 saturated carbocycles. The van der Waals surface area contributed by atoms with Gasteiger partial charge in [0.1, 0.15) is 5.75 Å². The molecule has 0 radical (unpaired) electrons. The molecule has 0 bridgehead atoms. The molecule has 1 aliphatic rings. The first-order chi connectivity index (χ1) is 7.45. The third-order valence-corrected chi connectivity index (χ3v) is 3.12. The average molecular weight is 221 g/mol. The lowest BCUT2D eigenvalue weighted by molar-refractivity contribution is -0.183. The molecule has 0 aromatic heterocycles. The fourth-order valence-corrected chi connectivity index (χ4v) is 2.49. The number of benzene rings is 1. The highest BCUT2D eigenvalue weighted by molar-refractivity contribution is 5.44. The van der Waals surface area contributed by atoms with Crippen molar-refractivity contribution in [1.29, 1.82) is 0 Å². The summed E-state index contributed by atoms with van der Waals surface area (Å²) in [6.07, 6.45) is 0. The molecule has 3 heteroatoms. The molecule has 1 aromatic rings. The van der Waals surface area contributed by atoms with Crippen LogP contribution in [-0.2, 0) is 11.4 Å². The first-order valence-electron chi connectivity index (χ1n) is 5.56. The van der Waals surface area contributed by atoms with E-state index in [9.17, 15) is 5.11 Å². The Morgan fingerprint density at radius 3 is 2.62 bits per heavy atom. The van der Waals surface area contributed by atoms with Gasteiger partial charge in [0.2, 0.25) is 0 Å². The normalized spacial score (nSPS) is 21.1. The SMILES string of the molecule is CON1Cc2cccc(O)c2[C@H]1C(C)(C)C. The van der Waals surface area contributed by atoms with Gasteiger partial charge in [-0.2, -0.15) is 5.06 Å². The van der Waals surface area contributed by atoms with E-state index in [1.807, 2.05) is 17.2 Å². The molecule has 1 N–H and O–H groups in total. The van der Waals surface area contributed by atoms with Gasteiger partial charge in [0, 0.05) is 5.56 Å². The molecule has 0 aliphatic carbocycles. The molecule has 0 unspecified atom stereocenters. The molecule has 1 aliphatic heterocycles. The van der Waals surface area contributed by atoms with Crippen molar-refractivity contribution in [2.45, 2.75) is 33.4 Å². The summed E-state index contributed by atoms with van der Waals surface area (Å²) in [5.74, 6) is 0.372. The first kappa shape index (κ1) is 11.4. The largest absolute Gasteiger partial charge is 0.508 e. The molecule has 0 spiro atoms. The zero-order chi connectivity index (χ0) is 11.9. The van der Waals surface area contributed by atoms with Gasteiger partial charge in [-0.3, -0.25) is 0 Å². The van der Waals surface area contributed by atoms with Crippen molar-refractivity contribution in [3.63, 3.8) is 0 Å². The van der Waals surface area contributed by atoms with Crippen molar-refractivity contribution in [3.8, 4) is 5.75 Å². The number of hydrogen-bond donors (Lipinski definition) is 1. The van der Waals surface area contributed by atoms with E-state index >= 15 is 0 Å². The van der Waals surface area contributed by atoms with Crippen molar-refractivity contribution in [1.82, 2.24) is 5.06 Å². The zero-order valence-corrected chi connectivity index (χ0v) is 10.3. The lowest BCUT2D eigenvalue weighted by Crippen LogP contribution is -2.30. The first-order valence-corrected chi connectivity index (χ1v) is 5.56. The standard InChI is InChI=1S/C13H19NO2/c1-13(2,3)12-11-9(8-14(12)16-4)6-5-7-10(11)15/h5-7,12,15H,8H2,1-4H3/t12-/m0/s1. The fraction of sp³-hybridized carbons (Fsp3) is 0.538. The van der Waals surface area contributed by atoms with E-state index in [2.05, 4.69) is 20.8 Å². The van der Waals surface area contributed by atoms with Crippen molar-refractivity contribution >= 4 is 0 Å². The van der Waals surface area contributed by atoms with E-state index in [4.69, 9.17) is 4.84 Å². The highest BCUT2D eigenvalue weighted by Crippen LogP contribution is 2.48. The quantitative estimate of drug-likeness (QED) is 0.791. The number of fused-ring (bicyclic) bond motifs is 1. The molecule has 0 fully saturated rings. The van der Waals surface area contributed by atoms with Gasteiger partial charge in [0.05, 0.1) is 19.7 Å². The van der Waals surface area contributed by atoms with Crippen LogP contribution < -0.4 is 0 Å². The second-order valence-electron chi connectivity index (χ2n) is 5.38. The number of aromatic hydroxyl groups is 1. The number of rotatable bonds is 1. The number of nitrogens with zero attached hydrogens (tertiary/aromatic N) is 1. The van der Waals surface area contributed by atoms with Crippen LogP contribution in [0, 0.1) is 5.41 Å². The summed E-state index contributed by atoms with van der Waals surface area (Å²) < 4.78 is 0. The Balaban J connectivity index is 2.52. The van der Waals surface area contributed by atoms with Crippen LogP contribution in [0.15, 0.2) is 18.2 Å². The average Bonchev–Trinajstić information content (AvgIpc) is 2.57. The monoisotopic (exact) mass is 221 g/mol. The van der Waals surface area contributed by atoms with Crippen molar-refractivity contribution in [2.24, 2.45) is 5.41 Å². The van der Waals surface area contributed by atoms with Crippen LogP contribution in [0.25, 0.3) is 0 Å². The van der Waals surface area contributed by atoms with E-state index in [-0.39, 0.29) is 11.5 Å². The highest BCUT2D eigenvalue weighted by Gasteiger charge is 2.40. The molecular formula is C13H19NO2. The van der Waals surface area contributed by atoms with Crippen LogP contribution in [0.1, 0.15) is 37.9 Å². The number of phenols is 1. The van der Waals surface area contributed by atoms with Gasteiger partial charge in [0.15, 0.2) is 0 Å². The summed E-state index contributed by atoms with van der Waals surface area (Å²) in [6.45, 7) is 7.21. The Bertz CT molecular complexity index is 395. The Hall–Kier alpha value is -1.06. The molecule has 16 heavy (non-hydrogen) atoms. The molecule has 3 nitrogen and oxygen atoms in total. The lowest BCUT2D eigenvalue weighted by Gasteiger charge is -2.34. The van der Waals surface area contributed by atoms with Crippen LogP contribution in [0.5, 0.6) is 5.75 Å². The van der Waals surface area contributed by atoms with Crippen LogP contribution in [-0.4, -0.2) is 17.3 Å². The second kappa shape index (κ2) is 3.75. The van der Waals surface area contributed by atoms with Gasteiger partial charge in [-0.05, 0) is 17.0 Å². The van der Waals surface area contributed by atoms with Gasteiger partial charge in [-0.25, -0.2) is 0 Å². The second-order valence-corrected chi connectivity index (χ2v) is 5.38. The molecule has 1 aromatic carbocycles. The number of hydrogen-bond acceptors (Lipinski definition) is 3. The zero-order valence-electron chi connectivity index (χ0n) is 10.3. The van der Waals surface area contributed by atoms with E-state index in [0.29, 0.717) is 5.75 Å². The minimum absolute atomic E-state index is 0.0279. The maximum Gasteiger partial charge on any atom is 0.120 e. The van der Waals surface area contributed by atoms with Crippen molar-refractivity contribution in [3.05, 3.63) is 29.3 Å². The van der Waals surface area contributed by atoms with Gasteiger partial charge in [-0.15, -0.1) is 0 Å². The van der Waals surface area contributed by atoms with Gasteiger partial charge >= 0.3 is 0 Å². The van der Waals surface area contributed by atoms with Crippen LogP contribution in [0.2, 0.25) is 0 Å². The number of hydroxylamine groups is 2. The summed E-state index contributed by atoms with van der Waals surface area (Å²) in [5.41, 5.74) is 2.19. The predicted molar refractivity (Wildman–Crippen MR) is 62.9 cm³/mol. The molecule has 2 rings (SSSR count). The topological polar surface area (TPSA) is 32.7 Å². The summed E-state index contributed by atoms with van der Waals surface area (Å²) in [4.78, 5) is 5.41. The van der Waals surface area contributed by atoms with Crippen molar-refractivity contribution < 1.29 is 9.94 Å². The lowest BCUT2D eigenvalue weighted by atomic mass is 9.82. The maximum absolute atomic E-state index is 10.00. The molecule has 88 valence electrons. The fourth-order valence-electron chi connectivity index (χ4n) is 2.49. The Kier molecular flexibility index (Phi) is 2.68. The molecular weight excluding hydrogens is 202 g/mol. The molecule has 1 atom stereocenters. The summed E-state index contributed by atoms with van der Waals surface area (Å²) >= 11 is 0. The summed E-state index contributed by atoms with van der Waals surface area (Å²) in [6, 6.07) is 5.78. The predicted octanol–water partition coefficient (Wildman–Crippen LogP) is 2.86. The third kappa shape index (κ3) is 1.70. The minimum Gasteiger partial charge on any atom is -0.508 e. The van der Waals surface area contributed by atoms with Crippen LogP contribution >= 0.6 is 0 Å². The van der Waals surface area contributed by atoms with Crippen molar-refractivity contribution in [2.75, 3.05) is 7.11 Å². The van der Waals surface area contributed by atoms with Gasteiger partial charge in [0.25, 0.3) is 0 Å². The Labute approximate surface area is 96.6 Å². The third-order valence-electron chi connectivity index (χ3n) is 3.12. The van der Waals surface area contributed by atoms with E-state index < -0.39 is 0 Å². The molecule has 0 saturated heterocycles. The smallest absolute Gasteiger partial charge is 0.120 e. The Morgan fingerprint density at radius 1 is 1.38 bits per heavy atom. The van der Waals surface area contributed by atoms with Gasteiger partial charge < -0.3 is 9.94 Å². The molecule has 0 amide bonds.